The van der Waals surface area contributed by atoms with Crippen LogP contribution in [0.5, 0.6) is 5.75 Å². The van der Waals surface area contributed by atoms with E-state index in [2.05, 4.69) is 4.98 Å². The first-order valence-corrected chi connectivity index (χ1v) is 9.27. The van der Waals surface area contributed by atoms with Crippen molar-refractivity contribution < 1.29 is 13.9 Å². The number of methoxy groups -OCH3 is 1. The van der Waals surface area contributed by atoms with Crippen LogP contribution in [-0.2, 0) is 17.6 Å². The molecule has 6 nitrogen and oxygen atoms in total. The summed E-state index contributed by atoms with van der Waals surface area (Å²) in [6.07, 6.45) is 1.52. The van der Waals surface area contributed by atoms with Crippen molar-refractivity contribution in [2.24, 2.45) is 0 Å². The first kappa shape index (κ1) is 18.4. The fourth-order valence-corrected chi connectivity index (χ4v) is 3.71. The van der Waals surface area contributed by atoms with Crippen LogP contribution < -0.4 is 10.5 Å². The maximum absolute atomic E-state index is 13.9. The van der Waals surface area contributed by atoms with Gasteiger partial charge in [0, 0.05) is 29.3 Å². The molecule has 0 unspecified atom stereocenters. The van der Waals surface area contributed by atoms with Gasteiger partial charge in [0.2, 0.25) is 0 Å². The van der Waals surface area contributed by atoms with E-state index in [9.17, 15) is 4.39 Å². The zero-order valence-electron chi connectivity index (χ0n) is 16.2. The van der Waals surface area contributed by atoms with Crippen LogP contribution >= 0.6 is 0 Å². The third-order valence-electron chi connectivity index (χ3n) is 4.95. The Balaban J connectivity index is 1.93. The van der Waals surface area contributed by atoms with Crippen LogP contribution in [0.3, 0.4) is 0 Å². The van der Waals surface area contributed by atoms with Crippen molar-refractivity contribution in [1.82, 2.24) is 14.8 Å². The van der Waals surface area contributed by atoms with Crippen LogP contribution in [0.2, 0.25) is 0 Å². The third-order valence-corrected chi connectivity index (χ3v) is 4.95. The summed E-state index contributed by atoms with van der Waals surface area (Å²) in [5, 5.41) is 4.90. The molecule has 1 aliphatic rings. The third kappa shape index (κ3) is 3.33. The molecule has 2 N–H and O–H groups in total. The molecule has 4 rings (SSSR count). The predicted molar refractivity (Wildman–Crippen MR) is 105 cm³/mol. The number of nitrogen functional groups attached to an aromatic ring is 1. The molecular weight excluding hydrogens is 359 g/mol. The van der Waals surface area contributed by atoms with E-state index in [0.717, 1.165) is 40.3 Å². The number of nitrogens with zero attached hydrogens (tertiary/aromatic N) is 3. The van der Waals surface area contributed by atoms with Gasteiger partial charge in [-0.3, -0.25) is 0 Å². The monoisotopic (exact) mass is 382 g/mol. The molecule has 3 heterocycles. The van der Waals surface area contributed by atoms with Gasteiger partial charge in [-0.15, -0.1) is 0 Å². The second-order valence-electron chi connectivity index (χ2n) is 7.06. The van der Waals surface area contributed by atoms with E-state index < -0.39 is 5.82 Å². The summed E-state index contributed by atoms with van der Waals surface area (Å²) in [6, 6.07) is 8.57. The highest BCUT2D eigenvalue weighted by atomic mass is 19.1. The van der Waals surface area contributed by atoms with E-state index in [1.165, 1.54) is 13.2 Å². The molecule has 7 heteroatoms. The molecule has 1 aliphatic heterocycles. The van der Waals surface area contributed by atoms with Gasteiger partial charge in [-0.05, 0) is 44.5 Å². The molecule has 146 valence electrons. The van der Waals surface area contributed by atoms with Crippen molar-refractivity contribution in [3.63, 3.8) is 0 Å². The SMILES string of the molecule is COc1cc(-n2nc(-c3cc(C)nc(N)c3)c3c2C[C@@H](C)OCC3)ccc1F. The van der Waals surface area contributed by atoms with Gasteiger partial charge in [0.25, 0.3) is 0 Å². The number of rotatable bonds is 3. The Morgan fingerprint density at radius 3 is 2.86 bits per heavy atom. The highest BCUT2D eigenvalue weighted by molar-refractivity contribution is 5.68. The number of halogens is 1. The number of pyridine rings is 1. The van der Waals surface area contributed by atoms with Crippen LogP contribution in [0, 0.1) is 12.7 Å². The number of benzene rings is 1. The number of aromatic nitrogens is 3. The highest BCUT2D eigenvalue weighted by Gasteiger charge is 2.25. The fraction of sp³-hybridized carbons (Fsp3) is 0.333. The Kier molecular flexibility index (Phi) is 4.77. The van der Waals surface area contributed by atoms with Crippen molar-refractivity contribution in [2.75, 3.05) is 19.5 Å². The quantitative estimate of drug-likeness (QED) is 0.751. The molecule has 0 saturated carbocycles. The van der Waals surface area contributed by atoms with E-state index in [4.69, 9.17) is 20.3 Å². The average molecular weight is 382 g/mol. The molecule has 0 bridgehead atoms. The van der Waals surface area contributed by atoms with Crippen molar-refractivity contribution in [3.8, 4) is 22.7 Å². The lowest BCUT2D eigenvalue weighted by molar-refractivity contribution is 0.0735. The van der Waals surface area contributed by atoms with Crippen molar-refractivity contribution in [1.29, 1.82) is 0 Å². The van der Waals surface area contributed by atoms with Crippen LogP contribution in [0.25, 0.3) is 16.9 Å². The molecule has 0 radical (unpaired) electrons. The Morgan fingerprint density at radius 2 is 2.11 bits per heavy atom. The largest absolute Gasteiger partial charge is 0.494 e. The minimum absolute atomic E-state index is 0.0659. The van der Waals surface area contributed by atoms with Gasteiger partial charge >= 0.3 is 0 Å². The first-order valence-electron chi connectivity index (χ1n) is 9.27. The molecule has 3 aromatic rings. The van der Waals surface area contributed by atoms with Crippen LogP contribution in [-0.4, -0.2) is 34.6 Å². The van der Waals surface area contributed by atoms with Crippen LogP contribution in [0.4, 0.5) is 10.2 Å². The second-order valence-corrected chi connectivity index (χ2v) is 7.06. The van der Waals surface area contributed by atoms with E-state index in [1.807, 2.05) is 30.7 Å². The number of aryl methyl sites for hydroxylation is 1. The lowest BCUT2D eigenvalue weighted by Gasteiger charge is -2.12. The average Bonchev–Trinajstić information content (AvgIpc) is 2.88. The van der Waals surface area contributed by atoms with Gasteiger partial charge < -0.3 is 15.2 Å². The summed E-state index contributed by atoms with van der Waals surface area (Å²) in [5.41, 5.74) is 11.5. The van der Waals surface area contributed by atoms with Gasteiger partial charge in [0.15, 0.2) is 11.6 Å². The van der Waals surface area contributed by atoms with E-state index in [1.54, 1.807) is 12.1 Å². The smallest absolute Gasteiger partial charge is 0.165 e. The standard InChI is InChI=1S/C21H23FN4O2/c1-12-8-14(10-20(23)24-12)21-16-6-7-28-13(2)9-18(16)26(25-21)15-4-5-17(22)19(11-15)27-3/h4-5,8,10-11,13H,6-7,9H2,1-3H3,(H2,23,24)/t13-/m1/s1. The predicted octanol–water partition coefficient (Wildman–Crippen LogP) is 3.48. The topological polar surface area (TPSA) is 75.2 Å². The van der Waals surface area contributed by atoms with Gasteiger partial charge in [-0.25, -0.2) is 14.1 Å². The first-order chi connectivity index (χ1) is 13.5. The number of hydrogen-bond acceptors (Lipinski definition) is 5. The van der Waals surface area contributed by atoms with Gasteiger partial charge in [-0.2, -0.15) is 5.10 Å². The minimum atomic E-state index is -0.404. The van der Waals surface area contributed by atoms with Crippen molar-refractivity contribution >= 4 is 5.82 Å². The lowest BCUT2D eigenvalue weighted by atomic mass is 10.0. The number of fused-ring (bicyclic) bond motifs is 1. The highest BCUT2D eigenvalue weighted by Crippen LogP contribution is 2.33. The molecule has 28 heavy (non-hydrogen) atoms. The van der Waals surface area contributed by atoms with E-state index in [0.29, 0.717) is 18.8 Å². The number of anilines is 1. The van der Waals surface area contributed by atoms with Gasteiger partial charge in [0.1, 0.15) is 5.82 Å². The molecular formula is C21H23FN4O2. The number of ether oxygens (including phenoxy) is 2. The molecule has 0 spiro atoms. The molecule has 1 atom stereocenters. The summed E-state index contributed by atoms with van der Waals surface area (Å²) in [4.78, 5) is 4.26. The number of nitrogens with two attached hydrogens (primary N) is 1. The second kappa shape index (κ2) is 7.24. The summed E-state index contributed by atoms with van der Waals surface area (Å²) in [6.45, 7) is 4.58. The molecule has 0 saturated heterocycles. The fourth-order valence-electron chi connectivity index (χ4n) is 3.71. The maximum Gasteiger partial charge on any atom is 0.165 e. The minimum Gasteiger partial charge on any atom is -0.494 e. The Labute approximate surface area is 163 Å². The van der Waals surface area contributed by atoms with Crippen LogP contribution in [0.1, 0.15) is 23.9 Å². The summed E-state index contributed by atoms with van der Waals surface area (Å²) < 4.78 is 26.8. The van der Waals surface area contributed by atoms with E-state index in [-0.39, 0.29) is 11.9 Å². The van der Waals surface area contributed by atoms with Gasteiger partial charge in [-0.1, -0.05) is 0 Å². The maximum atomic E-state index is 13.9. The number of hydrogen-bond donors (Lipinski definition) is 1. The molecule has 0 fully saturated rings. The molecule has 0 aliphatic carbocycles. The zero-order chi connectivity index (χ0) is 19.8. The molecule has 1 aromatic carbocycles. The summed E-state index contributed by atoms with van der Waals surface area (Å²) in [7, 11) is 1.45. The lowest BCUT2D eigenvalue weighted by Crippen LogP contribution is -2.13. The summed E-state index contributed by atoms with van der Waals surface area (Å²) in [5.74, 6) is 0.240. The van der Waals surface area contributed by atoms with E-state index >= 15 is 0 Å². The van der Waals surface area contributed by atoms with Gasteiger partial charge in [0.05, 0.1) is 36.9 Å². The Hall–Kier alpha value is -2.93. The Bertz CT molecular complexity index is 1010. The normalized spacial score (nSPS) is 16.5. The zero-order valence-corrected chi connectivity index (χ0v) is 16.2. The van der Waals surface area contributed by atoms with Crippen LogP contribution in [0.15, 0.2) is 30.3 Å². The molecule has 0 amide bonds. The molecule has 2 aromatic heterocycles. The Morgan fingerprint density at radius 1 is 1.29 bits per heavy atom. The van der Waals surface area contributed by atoms with Crippen molar-refractivity contribution in [2.45, 2.75) is 32.8 Å². The van der Waals surface area contributed by atoms with Crippen molar-refractivity contribution in [3.05, 3.63) is 53.1 Å². The summed E-state index contributed by atoms with van der Waals surface area (Å²) >= 11 is 0.